The highest BCUT2D eigenvalue weighted by atomic mass is 16.4. The van der Waals surface area contributed by atoms with Gasteiger partial charge in [-0.2, -0.15) is 0 Å². The molecule has 0 saturated carbocycles. The summed E-state index contributed by atoms with van der Waals surface area (Å²) in [5, 5.41) is 30.9. The topological polar surface area (TPSA) is 322 Å². The molecule has 0 aliphatic heterocycles. The summed E-state index contributed by atoms with van der Waals surface area (Å²) >= 11 is 0. The third kappa shape index (κ3) is 23.3. The molecule has 0 aliphatic rings. The number of carboxylic acid groups (broad SMARTS) is 1. The number of rotatable bonds is 33. The third-order valence-corrected chi connectivity index (χ3v) is 12.8. The van der Waals surface area contributed by atoms with E-state index in [2.05, 4.69) is 42.5 Å². The molecule has 12 unspecified atom stereocenters. The fourth-order valence-corrected chi connectivity index (χ4v) is 7.49. The average molecular weight is 1020 g/mol. The highest BCUT2D eigenvalue weighted by Crippen LogP contribution is 2.16. The Hall–Kier alpha value is -5.63. The van der Waals surface area contributed by atoms with Crippen molar-refractivity contribution >= 4 is 53.2 Å². The molecule has 0 spiro atoms. The van der Waals surface area contributed by atoms with Crippen LogP contribution in [0, 0.1) is 29.6 Å². The standard InChI is InChI=1S/C51H88N10O10.CH4/c1-13-30(8)40(53)48(67)58-39(27-35-21-17-16-18-22-35)46(65)57-38(26-29(6)7)47(66)61-41(31(9)14-2)49(68)56-36(23-19-20-24-52)44(63)60-42(32(10)15-3)50(69)59-37(25-28(4)5)45(64)54-33(11)43(62)55-34(12)51(70)71;/h16-18,21-22,28-34,36-42H,13-15,19-20,23-27,52-53H2,1-12H3,(H,54,64)(H,55,62)(H,56,68)(H,57,65)(H,58,67)(H,59,69)(H,60,63)(H,61,66)(H,70,71);1H4. The van der Waals surface area contributed by atoms with Crippen molar-refractivity contribution in [1.29, 1.82) is 0 Å². The molecular weight excluding hydrogens is 925 g/mol. The lowest BCUT2D eigenvalue weighted by atomic mass is 9.95. The largest absolute Gasteiger partial charge is 0.480 e. The van der Waals surface area contributed by atoms with Crippen molar-refractivity contribution in [2.75, 3.05) is 6.54 Å². The number of nitrogens with two attached hydrogens (primary N) is 2. The van der Waals surface area contributed by atoms with Crippen LogP contribution >= 0.6 is 0 Å². The van der Waals surface area contributed by atoms with Gasteiger partial charge in [0.05, 0.1) is 6.04 Å². The Labute approximate surface area is 429 Å². The van der Waals surface area contributed by atoms with E-state index in [0.29, 0.717) is 38.6 Å². The van der Waals surface area contributed by atoms with E-state index in [1.807, 2.05) is 85.7 Å². The van der Waals surface area contributed by atoms with Gasteiger partial charge in [-0.3, -0.25) is 43.2 Å². The molecule has 8 amide bonds. The number of carbonyl (C=O) groups is 9. The Bertz CT molecular complexity index is 1890. The van der Waals surface area contributed by atoms with Crippen LogP contribution in [0.1, 0.15) is 147 Å². The molecule has 13 N–H and O–H groups in total. The first-order chi connectivity index (χ1) is 33.3. The van der Waals surface area contributed by atoms with Gasteiger partial charge in [-0.25, -0.2) is 0 Å². The number of carbonyl (C=O) groups excluding carboxylic acids is 8. The van der Waals surface area contributed by atoms with Gasteiger partial charge >= 0.3 is 5.97 Å². The minimum atomic E-state index is -1.26. The lowest BCUT2D eigenvalue weighted by molar-refractivity contribution is -0.141. The molecule has 0 bridgehead atoms. The number of aliphatic carboxylic acids is 1. The summed E-state index contributed by atoms with van der Waals surface area (Å²) in [5.74, 6) is -7.72. The lowest BCUT2D eigenvalue weighted by Crippen LogP contribution is -2.62. The molecular formula is C52H92N10O10. The zero-order valence-electron chi connectivity index (χ0n) is 44.3. The van der Waals surface area contributed by atoms with E-state index in [0.717, 1.165) is 5.56 Å². The van der Waals surface area contributed by atoms with Crippen molar-refractivity contribution in [3.63, 3.8) is 0 Å². The number of hydrogen-bond acceptors (Lipinski definition) is 11. The predicted octanol–water partition coefficient (Wildman–Crippen LogP) is 2.55. The number of carboxylic acids is 1. The molecule has 0 heterocycles. The van der Waals surface area contributed by atoms with Crippen LogP contribution in [0.25, 0.3) is 0 Å². The maximum absolute atomic E-state index is 14.4. The Morgan fingerprint density at radius 1 is 0.486 bits per heavy atom. The minimum absolute atomic E-state index is 0. The first-order valence-electron chi connectivity index (χ1n) is 25.5. The van der Waals surface area contributed by atoms with Crippen LogP contribution in [0.4, 0.5) is 0 Å². The Balaban J connectivity index is 0.0000504. The van der Waals surface area contributed by atoms with Crippen LogP contribution in [0.5, 0.6) is 0 Å². The van der Waals surface area contributed by atoms with Gasteiger partial charge in [0, 0.05) is 6.42 Å². The van der Waals surface area contributed by atoms with Gasteiger partial charge in [0.25, 0.3) is 0 Å². The predicted molar refractivity (Wildman–Crippen MR) is 279 cm³/mol. The third-order valence-electron chi connectivity index (χ3n) is 12.8. The van der Waals surface area contributed by atoms with Gasteiger partial charge in [0.1, 0.15) is 48.3 Å². The van der Waals surface area contributed by atoms with Crippen LogP contribution in [-0.2, 0) is 49.6 Å². The molecule has 0 aromatic heterocycles. The first kappa shape index (κ1) is 66.4. The van der Waals surface area contributed by atoms with Crippen LogP contribution in [0.3, 0.4) is 0 Å². The normalized spacial score (nSPS) is 16.2. The number of unbranched alkanes of at least 4 members (excludes halogenated alkanes) is 1. The molecule has 1 aromatic rings. The number of hydrogen-bond donors (Lipinski definition) is 11. The molecule has 72 heavy (non-hydrogen) atoms. The van der Waals surface area contributed by atoms with E-state index in [1.165, 1.54) is 13.8 Å². The summed E-state index contributed by atoms with van der Waals surface area (Å²) in [6.07, 6.45) is 3.07. The fourth-order valence-electron chi connectivity index (χ4n) is 7.49. The van der Waals surface area contributed by atoms with Crippen molar-refractivity contribution in [3.05, 3.63) is 35.9 Å². The molecule has 0 saturated heterocycles. The van der Waals surface area contributed by atoms with Crippen molar-refractivity contribution in [3.8, 4) is 0 Å². The van der Waals surface area contributed by atoms with Crippen molar-refractivity contribution in [2.24, 2.45) is 41.1 Å². The second-order valence-electron chi connectivity index (χ2n) is 19.9. The maximum Gasteiger partial charge on any atom is 0.325 e. The highest BCUT2D eigenvalue weighted by Gasteiger charge is 2.37. The molecule has 20 heteroatoms. The molecule has 0 radical (unpaired) electrons. The van der Waals surface area contributed by atoms with Gasteiger partial charge in [-0.15, -0.1) is 0 Å². The summed E-state index contributed by atoms with van der Waals surface area (Å²) in [4.78, 5) is 122. The van der Waals surface area contributed by atoms with E-state index >= 15 is 0 Å². The van der Waals surface area contributed by atoms with E-state index < -0.39 is 119 Å². The Morgan fingerprint density at radius 3 is 1.33 bits per heavy atom. The summed E-state index contributed by atoms with van der Waals surface area (Å²) < 4.78 is 0. The number of nitrogens with one attached hydrogen (secondary N) is 8. The van der Waals surface area contributed by atoms with E-state index in [9.17, 15) is 48.3 Å². The fraction of sp³-hybridized carbons (Fsp3) is 0.712. The number of benzene rings is 1. The summed E-state index contributed by atoms with van der Waals surface area (Å²) in [6, 6.07) is -0.976. The molecule has 1 rings (SSSR count). The van der Waals surface area contributed by atoms with E-state index in [1.54, 1.807) is 13.8 Å². The van der Waals surface area contributed by atoms with Gasteiger partial charge in [0.2, 0.25) is 47.3 Å². The smallest absolute Gasteiger partial charge is 0.325 e. The molecule has 0 aliphatic carbocycles. The van der Waals surface area contributed by atoms with E-state index in [4.69, 9.17) is 11.5 Å². The lowest BCUT2D eigenvalue weighted by Gasteiger charge is -2.31. The highest BCUT2D eigenvalue weighted by molar-refractivity contribution is 5.98. The van der Waals surface area contributed by atoms with Crippen molar-refractivity contribution < 1.29 is 48.3 Å². The van der Waals surface area contributed by atoms with E-state index in [-0.39, 0.29) is 50.9 Å². The van der Waals surface area contributed by atoms with Crippen LogP contribution in [0.2, 0.25) is 0 Å². The summed E-state index contributed by atoms with van der Waals surface area (Å²) in [7, 11) is 0. The number of amides is 8. The second kappa shape index (κ2) is 33.9. The SMILES string of the molecule is C.CCC(C)C(N)C(=O)NC(Cc1ccccc1)C(=O)NC(CC(C)C)C(=O)NC(C(=O)NC(CCCCN)C(=O)NC(C(=O)NC(CC(C)C)C(=O)NC(C)C(=O)NC(C)C(=O)O)C(C)CC)C(C)CC. The molecule has 1 aromatic carbocycles. The van der Waals surface area contributed by atoms with Crippen LogP contribution in [0.15, 0.2) is 30.3 Å². The molecule has 0 fully saturated rings. The second-order valence-corrected chi connectivity index (χ2v) is 19.9. The van der Waals surface area contributed by atoms with Crippen molar-refractivity contribution in [2.45, 2.75) is 203 Å². The summed E-state index contributed by atoms with van der Waals surface area (Å²) in [6.45, 7) is 21.4. The first-order valence-corrected chi connectivity index (χ1v) is 25.5. The monoisotopic (exact) mass is 1020 g/mol. The molecule has 12 atom stereocenters. The van der Waals surface area contributed by atoms with Gasteiger partial charge in [-0.1, -0.05) is 126 Å². The molecule has 20 nitrogen and oxygen atoms in total. The molecule has 410 valence electrons. The zero-order valence-corrected chi connectivity index (χ0v) is 44.3. The van der Waals surface area contributed by atoms with Crippen molar-refractivity contribution in [1.82, 2.24) is 42.5 Å². The van der Waals surface area contributed by atoms with Gasteiger partial charge < -0.3 is 59.1 Å². The minimum Gasteiger partial charge on any atom is -0.480 e. The van der Waals surface area contributed by atoms with Crippen LogP contribution in [-0.4, -0.2) is 119 Å². The quantitative estimate of drug-likeness (QED) is 0.0453. The van der Waals surface area contributed by atoms with Gasteiger partial charge in [0.15, 0.2) is 0 Å². The average Bonchev–Trinajstić information content (AvgIpc) is 3.32. The maximum atomic E-state index is 14.4. The van der Waals surface area contributed by atoms with Crippen LogP contribution < -0.4 is 54.0 Å². The van der Waals surface area contributed by atoms with Gasteiger partial charge in [-0.05, 0) is 87.6 Å². The summed E-state index contributed by atoms with van der Waals surface area (Å²) in [5.41, 5.74) is 12.8. The Kier molecular flexibility index (Phi) is 31.3. The Morgan fingerprint density at radius 2 is 0.889 bits per heavy atom. The zero-order chi connectivity index (χ0) is 54.1.